The molecule has 0 radical (unpaired) electrons. The van der Waals surface area contributed by atoms with E-state index in [0.717, 1.165) is 0 Å². The number of carboxylic acids is 1. The van der Waals surface area contributed by atoms with Crippen LogP contribution in [-0.2, 0) is 9.59 Å². The van der Waals surface area contributed by atoms with Crippen LogP contribution in [0.1, 0.15) is 26.7 Å². The minimum absolute atomic E-state index is 0.0561. The van der Waals surface area contributed by atoms with Crippen molar-refractivity contribution < 1.29 is 19.5 Å². The minimum atomic E-state index is -1.02. The molecule has 1 rings (SSSR count). The average Bonchev–Trinajstić information content (AvgIpc) is 2.42. The number of carboxylic acid groups (broad SMARTS) is 1. The summed E-state index contributed by atoms with van der Waals surface area (Å²) in [7, 11) is 3.39. The van der Waals surface area contributed by atoms with Crippen molar-refractivity contribution in [3.63, 3.8) is 0 Å². The molecule has 21 heavy (non-hydrogen) atoms. The van der Waals surface area contributed by atoms with Gasteiger partial charge in [-0.1, -0.05) is 13.8 Å². The standard InChI is InChI=1S/C14H25N3O4/c1-9(2)11(13(19)20)15-12(18)10-5-7-17(8-6-10)14(21)16(3)4/h9-11H,5-8H2,1-4H3,(H,15,18)(H,19,20). The van der Waals surface area contributed by atoms with Crippen LogP contribution in [0.2, 0.25) is 0 Å². The van der Waals surface area contributed by atoms with Crippen molar-refractivity contribution >= 4 is 17.9 Å². The molecule has 1 saturated heterocycles. The highest BCUT2D eigenvalue weighted by atomic mass is 16.4. The van der Waals surface area contributed by atoms with E-state index in [2.05, 4.69) is 5.32 Å². The molecule has 0 spiro atoms. The Hall–Kier alpha value is -1.79. The largest absolute Gasteiger partial charge is 0.480 e. The van der Waals surface area contributed by atoms with Gasteiger partial charge in [0.15, 0.2) is 0 Å². The van der Waals surface area contributed by atoms with E-state index in [0.29, 0.717) is 25.9 Å². The molecule has 0 aromatic carbocycles. The number of aliphatic carboxylic acids is 1. The van der Waals surface area contributed by atoms with Gasteiger partial charge in [0.1, 0.15) is 6.04 Å². The minimum Gasteiger partial charge on any atom is -0.480 e. The molecule has 1 aliphatic heterocycles. The summed E-state index contributed by atoms with van der Waals surface area (Å²) in [6.45, 7) is 4.57. The molecule has 0 saturated carbocycles. The predicted octanol–water partition coefficient (Wildman–Crippen LogP) is 0.605. The van der Waals surface area contributed by atoms with Gasteiger partial charge in [0.05, 0.1) is 0 Å². The summed E-state index contributed by atoms with van der Waals surface area (Å²) in [4.78, 5) is 38.3. The molecule has 1 fully saturated rings. The summed E-state index contributed by atoms with van der Waals surface area (Å²) in [5.41, 5.74) is 0. The van der Waals surface area contributed by atoms with Crippen LogP contribution >= 0.6 is 0 Å². The molecule has 0 aliphatic carbocycles. The van der Waals surface area contributed by atoms with Gasteiger partial charge in [-0.25, -0.2) is 9.59 Å². The molecule has 1 heterocycles. The van der Waals surface area contributed by atoms with Gasteiger partial charge in [-0.05, 0) is 18.8 Å². The first-order chi connectivity index (χ1) is 9.73. The highest BCUT2D eigenvalue weighted by Crippen LogP contribution is 2.19. The molecule has 0 aromatic heterocycles. The number of rotatable bonds is 4. The second-order valence-electron chi connectivity index (χ2n) is 6.01. The van der Waals surface area contributed by atoms with Gasteiger partial charge in [0, 0.05) is 33.1 Å². The highest BCUT2D eigenvalue weighted by molar-refractivity contribution is 5.85. The Morgan fingerprint density at radius 3 is 2.10 bits per heavy atom. The zero-order valence-corrected chi connectivity index (χ0v) is 13.1. The van der Waals surface area contributed by atoms with E-state index in [1.807, 2.05) is 0 Å². The van der Waals surface area contributed by atoms with Crippen LogP contribution in [0.15, 0.2) is 0 Å². The van der Waals surface area contributed by atoms with E-state index in [4.69, 9.17) is 5.11 Å². The number of nitrogens with one attached hydrogen (secondary N) is 1. The molecule has 1 atom stereocenters. The van der Waals surface area contributed by atoms with Crippen LogP contribution in [0, 0.1) is 11.8 Å². The quantitative estimate of drug-likeness (QED) is 0.795. The van der Waals surface area contributed by atoms with Crippen molar-refractivity contribution in [3.8, 4) is 0 Å². The lowest BCUT2D eigenvalue weighted by Gasteiger charge is -2.33. The Bertz CT molecular complexity index is 401. The molecule has 1 aliphatic rings. The zero-order valence-electron chi connectivity index (χ0n) is 13.1. The molecular formula is C14H25N3O4. The molecule has 7 nitrogen and oxygen atoms in total. The molecular weight excluding hydrogens is 274 g/mol. The van der Waals surface area contributed by atoms with Crippen LogP contribution in [0.3, 0.4) is 0 Å². The van der Waals surface area contributed by atoms with Crippen LogP contribution in [-0.4, -0.2) is 66.0 Å². The fraction of sp³-hybridized carbons (Fsp3) is 0.786. The number of nitrogens with zero attached hydrogens (tertiary/aromatic N) is 2. The van der Waals surface area contributed by atoms with Gasteiger partial charge in [0.2, 0.25) is 5.91 Å². The third-order valence-electron chi connectivity index (χ3n) is 3.75. The topological polar surface area (TPSA) is 90.0 Å². The lowest BCUT2D eigenvalue weighted by atomic mass is 9.94. The first-order valence-corrected chi connectivity index (χ1v) is 7.23. The molecule has 120 valence electrons. The van der Waals surface area contributed by atoms with Crippen molar-refractivity contribution in [3.05, 3.63) is 0 Å². The smallest absolute Gasteiger partial charge is 0.326 e. The van der Waals surface area contributed by atoms with Gasteiger partial charge >= 0.3 is 12.0 Å². The molecule has 0 bridgehead atoms. The van der Waals surface area contributed by atoms with Crippen LogP contribution in [0.4, 0.5) is 4.79 Å². The Morgan fingerprint density at radius 1 is 1.19 bits per heavy atom. The van der Waals surface area contributed by atoms with Gasteiger partial charge in [0.25, 0.3) is 0 Å². The van der Waals surface area contributed by atoms with Crippen molar-refractivity contribution in [2.75, 3.05) is 27.2 Å². The van der Waals surface area contributed by atoms with E-state index in [9.17, 15) is 14.4 Å². The first kappa shape index (κ1) is 17.3. The first-order valence-electron chi connectivity index (χ1n) is 7.23. The summed E-state index contributed by atoms with van der Waals surface area (Å²) in [6.07, 6.45) is 1.13. The van der Waals surface area contributed by atoms with Crippen molar-refractivity contribution in [2.24, 2.45) is 11.8 Å². The number of carbonyl (C=O) groups is 3. The zero-order chi connectivity index (χ0) is 16.2. The predicted molar refractivity (Wildman–Crippen MR) is 77.8 cm³/mol. The maximum atomic E-state index is 12.1. The van der Waals surface area contributed by atoms with Crippen LogP contribution in [0.5, 0.6) is 0 Å². The van der Waals surface area contributed by atoms with Crippen molar-refractivity contribution in [1.29, 1.82) is 0 Å². The number of likely N-dealkylation sites (tertiary alicyclic amines) is 1. The summed E-state index contributed by atoms with van der Waals surface area (Å²) >= 11 is 0. The number of amides is 3. The number of hydrogen-bond donors (Lipinski definition) is 2. The van der Waals surface area contributed by atoms with E-state index in [-0.39, 0.29) is 23.8 Å². The van der Waals surface area contributed by atoms with Crippen LogP contribution in [0.25, 0.3) is 0 Å². The SMILES string of the molecule is CC(C)C(NC(=O)C1CCN(C(=O)N(C)C)CC1)C(=O)O. The number of urea groups is 1. The van der Waals surface area contributed by atoms with Gasteiger partial charge in [-0.15, -0.1) is 0 Å². The normalized spacial score (nSPS) is 17.5. The fourth-order valence-electron chi connectivity index (χ4n) is 2.40. The Morgan fingerprint density at radius 2 is 1.71 bits per heavy atom. The molecule has 3 amide bonds. The summed E-state index contributed by atoms with van der Waals surface area (Å²) < 4.78 is 0. The second-order valence-corrected chi connectivity index (χ2v) is 6.01. The molecule has 2 N–H and O–H groups in total. The van der Waals surface area contributed by atoms with Crippen LogP contribution < -0.4 is 5.32 Å². The summed E-state index contributed by atoms with van der Waals surface area (Å²) in [6, 6.07) is -0.918. The highest BCUT2D eigenvalue weighted by Gasteiger charge is 2.31. The second kappa shape index (κ2) is 7.28. The Balaban J connectivity index is 2.52. The molecule has 7 heteroatoms. The third kappa shape index (κ3) is 4.61. The maximum absolute atomic E-state index is 12.1. The van der Waals surface area contributed by atoms with E-state index < -0.39 is 12.0 Å². The van der Waals surface area contributed by atoms with E-state index in [1.165, 1.54) is 4.90 Å². The van der Waals surface area contributed by atoms with E-state index >= 15 is 0 Å². The lowest BCUT2D eigenvalue weighted by Crippen LogP contribution is -2.50. The number of piperidine rings is 1. The number of hydrogen-bond acceptors (Lipinski definition) is 3. The third-order valence-corrected chi connectivity index (χ3v) is 3.75. The number of carbonyl (C=O) groups excluding carboxylic acids is 2. The molecule has 1 unspecified atom stereocenters. The monoisotopic (exact) mass is 299 g/mol. The van der Waals surface area contributed by atoms with Gasteiger partial charge in [-0.3, -0.25) is 4.79 Å². The van der Waals surface area contributed by atoms with Gasteiger partial charge < -0.3 is 20.2 Å². The maximum Gasteiger partial charge on any atom is 0.326 e. The lowest BCUT2D eigenvalue weighted by molar-refractivity contribution is -0.144. The van der Waals surface area contributed by atoms with Gasteiger partial charge in [-0.2, -0.15) is 0 Å². The Labute approximate surface area is 125 Å². The fourth-order valence-corrected chi connectivity index (χ4v) is 2.40. The Kier molecular flexibility index (Phi) is 5.99. The van der Waals surface area contributed by atoms with Crippen molar-refractivity contribution in [2.45, 2.75) is 32.7 Å². The summed E-state index contributed by atoms with van der Waals surface area (Å²) in [5, 5.41) is 11.7. The average molecular weight is 299 g/mol. The summed E-state index contributed by atoms with van der Waals surface area (Å²) in [5.74, 6) is -1.63. The van der Waals surface area contributed by atoms with E-state index in [1.54, 1.807) is 32.8 Å². The van der Waals surface area contributed by atoms with Crippen molar-refractivity contribution in [1.82, 2.24) is 15.1 Å². The molecule has 0 aromatic rings.